The van der Waals surface area contributed by atoms with Crippen LogP contribution in [0.1, 0.15) is 16.7 Å². The third-order valence-electron chi connectivity index (χ3n) is 2.70. The average molecular weight is 252 g/mol. The lowest BCUT2D eigenvalue weighted by atomic mass is 10.1. The summed E-state index contributed by atoms with van der Waals surface area (Å²) in [6.45, 7) is 0. The van der Waals surface area contributed by atoms with Gasteiger partial charge in [-0.3, -0.25) is 11.3 Å². The predicted octanol–water partition coefficient (Wildman–Crippen LogP) is 1.24. The molecule has 0 amide bonds. The zero-order valence-electron chi connectivity index (χ0n) is 9.88. The number of aromatic nitrogens is 2. The van der Waals surface area contributed by atoms with Crippen LogP contribution in [-0.2, 0) is 13.5 Å². The Morgan fingerprint density at radius 1 is 1.65 bits per heavy atom. The minimum Gasteiger partial charge on any atom is -0.496 e. The van der Waals surface area contributed by atoms with E-state index in [1.165, 1.54) is 0 Å². The third-order valence-corrected chi connectivity index (χ3v) is 3.71. The summed E-state index contributed by atoms with van der Waals surface area (Å²) in [6.07, 6.45) is 4.44. The second-order valence-electron chi connectivity index (χ2n) is 3.73. The van der Waals surface area contributed by atoms with Crippen molar-refractivity contribution in [3.63, 3.8) is 0 Å². The van der Waals surface area contributed by atoms with E-state index >= 15 is 0 Å². The zero-order valence-corrected chi connectivity index (χ0v) is 10.7. The van der Waals surface area contributed by atoms with E-state index in [2.05, 4.69) is 10.4 Å². The Morgan fingerprint density at radius 2 is 2.47 bits per heavy atom. The number of methoxy groups -OCH3 is 1. The molecule has 2 rings (SSSR count). The number of nitrogens with two attached hydrogens (primary N) is 1. The number of nitrogens with one attached hydrogen (secondary N) is 1. The first-order chi connectivity index (χ1) is 8.26. The van der Waals surface area contributed by atoms with E-state index in [1.54, 1.807) is 24.6 Å². The molecule has 2 aromatic rings. The van der Waals surface area contributed by atoms with Gasteiger partial charge in [-0.2, -0.15) is 0 Å². The number of imidazole rings is 1. The van der Waals surface area contributed by atoms with Crippen LogP contribution in [0.25, 0.3) is 0 Å². The summed E-state index contributed by atoms with van der Waals surface area (Å²) in [7, 11) is 3.64. The number of ether oxygens (including phenoxy) is 1. The maximum atomic E-state index is 5.62. The van der Waals surface area contributed by atoms with Crippen molar-refractivity contribution in [3.05, 3.63) is 34.5 Å². The van der Waals surface area contributed by atoms with Gasteiger partial charge in [-0.15, -0.1) is 11.3 Å². The van der Waals surface area contributed by atoms with Gasteiger partial charge in [0.25, 0.3) is 0 Å². The molecule has 0 saturated heterocycles. The van der Waals surface area contributed by atoms with E-state index < -0.39 is 0 Å². The molecule has 92 valence electrons. The molecule has 0 spiro atoms. The molecule has 5 nitrogen and oxygen atoms in total. The fourth-order valence-corrected chi connectivity index (χ4v) is 2.66. The van der Waals surface area contributed by atoms with Gasteiger partial charge >= 0.3 is 0 Å². The molecule has 0 bridgehead atoms. The number of hydrogen-bond donors (Lipinski definition) is 2. The Labute approximate surface area is 104 Å². The van der Waals surface area contributed by atoms with Gasteiger partial charge in [0.15, 0.2) is 0 Å². The van der Waals surface area contributed by atoms with E-state index in [1.807, 2.05) is 29.3 Å². The van der Waals surface area contributed by atoms with Gasteiger partial charge in [0.2, 0.25) is 0 Å². The van der Waals surface area contributed by atoms with Crippen LogP contribution in [0.2, 0.25) is 0 Å². The maximum Gasteiger partial charge on any atom is 0.134 e. The SMILES string of the molecule is COc1ccsc1C(Cc1nccn1C)NN. The van der Waals surface area contributed by atoms with E-state index in [0.717, 1.165) is 22.9 Å². The van der Waals surface area contributed by atoms with E-state index in [0.29, 0.717) is 0 Å². The van der Waals surface area contributed by atoms with Crippen LogP contribution in [0.15, 0.2) is 23.8 Å². The Balaban J connectivity index is 2.20. The topological polar surface area (TPSA) is 65.1 Å². The Morgan fingerprint density at radius 3 is 3.06 bits per heavy atom. The molecule has 1 atom stereocenters. The number of hydrogen-bond acceptors (Lipinski definition) is 5. The van der Waals surface area contributed by atoms with Crippen LogP contribution < -0.4 is 16.0 Å². The number of aryl methyl sites for hydroxylation is 1. The molecule has 3 N–H and O–H groups in total. The Bertz CT molecular complexity index is 479. The molecular weight excluding hydrogens is 236 g/mol. The number of thiophene rings is 1. The van der Waals surface area contributed by atoms with Crippen LogP contribution in [0.3, 0.4) is 0 Å². The summed E-state index contributed by atoms with van der Waals surface area (Å²) in [5.41, 5.74) is 2.82. The monoisotopic (exact) mass is 252 g/mol. The lowest BCUT2D eigenvalue weighted by molar-refractivity contribution is 0.402. The van der Waals surface area contributed by atoms with E-state index in [-0.39, 0.29) is 6.04 Å². The normalized spacial score (nSPS) is 12.6. The van der Waals surface area contributed by atoms with Crippen molar-refractivity contribution < 1.29 is 4.74 Å². The quantitative estimate of drug-likeness (QED) is 0.620. The maximum absolute atomic E-state index is 5.62. The smallest absolute Gasteiger partial charge is 0.134 e. The summed E-state index contributed by atoms with van der Waals surface area (Å²) in [5, 5.41) is 2.00. The van der Waals surface area contributed by atoms with Crippen molar-refractivity contribution in [3.8, 4) is 5.75 Å². The zero-order chi connectivity index (χ0) is 12.3. The summed E-state index contributed by atoms with van der Waals surface area (Å²) in [6, 6.07) is 1.97. The van der Waals surface area contributed by atoms with Gasteiger partial charge in [-0.05, 0) is 11.4 Å². The molecule has 0 aliphatic carbocycles. The van der Waals surface area contributed by atoms with Gasteiger partial charge in [0.05, 0.1) is 18.0 Å². The first-order valence-electron chi connectivity index (χ1n) is 5.30. The van der Waals surface area contributed by atoms with Crippen LogP contribution in [0, 0.1) is 0 Å². The highest BCUT2D eigenvalue weighted by atomic mass is 32.1. The molecule has 0 aromatic carbocycles. The lowest BCUT2D eigenvalue weighted by Gasteiger charge is -2.15. The first kappa shape index (κ1) is 12.1. The van der Waals surface area contributed by atoms with Crippen molar-refractivity contribution in [2.75, 3.05) is 7.11 Å². The molecular formula is C11H16N4OS. The fourth-order valence-electron chi connectivity index (χ4n) is 1.73. The Kier molecular flexibility index (Phi) is 3.78. The second-order valence-corrected chi connectivity index (χ2v) is 4.68. The molecule has 0 saturated carbocycles. The summed E-state index contributed by atoms with van der Waals surface area (Å²) in [5.74, 6) is 7.48. The Hall–Kier alpha value is -1.37. The van der Waals surface area contributed by atoms with Crippen molar-refractivity contribution in [1.29, 1.82) is 0 Å². The molecule has 0 aliphatic rings. The molecule has 0 fully saturated rings. The van der Waals surface area contributed by atoms with Gasteiger partial charge < -0.3 is 9.30 Å². The second kappa shape index (κ2) is 5.31. The molecule has 0 aliphatic heterocycles. The number of rotatable bonds is 5. The molecule has 2 heterocycles. The van der Waals surface area contributed by atoms with Crippen molar-refractivity contribution >= 4 is 11.3 Å². The minimum absolute atomic E-state index is 0.0195. The third kappa shape index (κ3) is 2.49. The summed E-state index contributed by atoms with van der Waals surface area (Å²) < 4.78 is 7.30. The highest BCUT2D eigenvalue weighted by Crippen LogP contribution is 2.31. The molecule has 2 aromatic heterocycles. The minimum atomic E-state index is 0.0195. The van der Waals surface area contributed by atoms with Crippen molar-refractivity contribution in [2.45, 2.75) is 12.5 Å². The van der Waals surface area contributed by atoms with Gasteiger partial charge in [0.1, 0.15) is 11.6 Å². The van der Waals surface area contributed by atoms with Crippen LogP contribution in [0.4, 0.5) is 0 Å². The number of nitrogens with zero attached hydrogens (tertiary/aromatic N) is 2. The number of hydrazine groups is 1. The molecule has 6 heteroatoms. The van der Waals surface area contributed by atoms with Crippen LogP contribution >= 0.6 is 11.3 Å². The first-order valence-corrected chi connectivity index (χ1v) is 6.18. The van der Waals surface area contributed by atoms with Gasteiger partial charge in [0, 0.05) is 25.9 Å². The van der Waals surface area contributed by atoms with Crippen molar-refractivity contribution in [2.24, 2.45) is 12.9 Å². The van der Waals surface area contributed by atoms with E-state index in [9.17, 15) is 0 Å². The van der Waals surface area contributed by atoms with Crippen molar-refractivity contribution in [1.82, 2.24) is 15.0 Å². The fraction of sp³-hybridized carbons (Fsp3) is 0.364. The predicted molar refractivity (Wildman–Crippen MR) is 67.8 cm³/mol. The lowest BCUT2D eigenvalue weighted by Crippen LogP contribution is -2.30. The highest BCUT2D eigenvalue weighted by molar-refractivity contribution is 7.10. The molecule has 1 unspecified atom stereocenters. The standard InChI is InChI=1S/C11H16N4OS/c1-15-5-4-13-10(15)7-8(14-12)11-9(16-2)3-6-17-11/h3-6,8,14H,7,12H2,1-2H3. The molecule has 0 radical (unpaired) electrons. The molecule has 17 heavy (non-hydrogen) atoms. The largest absolute Gasteiger partial charge is 0.496 e. The van der Waals surface area contributed by atoms with E-state index in [4.69, 9.17) is 10.6 Å². The summed E-state index contributed by atoms with van der Waals surface area (Å²) >= 11 is 1.63. The highest BCUT2D eigenvalue weighted by Gasteiger charge is 2.18. The van der Waals surface area contributed by atoms with Gasteiger partial charge in [-0.1, -0.05) is 0 Å². The van der Waals surface area contributed by atoms with Gasteiger partial charge in [-0.25, -0.2) is 4.98 Å². The summed E-state index contributed by atoms with van der Waals surface area (Å²) in [4.78, 5) is 5.40. The van der Waals surface area contributed by atoms with Crippen LogP contribution in [0.5, 0.6) is 5.75 Å². The van der Waals surface area contributed by atoms with Crippen LogP contribution in [-0.4, -0.2) is 16.7 Å². The average Bonchev–Trinajstić information content (AvgIpc) is 2.95.